The van der Waals surface area contributed by atoms with Crippen molar-refractivity contribution in [3.05, 3.63) is 46.5 Å². The predicted molar refractivity (Wildman–Crippen MR) is 101 cm³/mol. The van der Waals surface area contributed by atoms with Gasteiger partial charge in [0.15, 0.2) is 0 Å². The van der Waals surface area contributed by atoms with Gasteiger partial charge < -0.3 is 9.88 Å². The van der Waals surface area contributed by atoms with E-state index in [1.807, 2.05) is 17.3 Å². The summed E-state index contributed by atoms with van der Waals surface area (Å²) in [5.41, 5.74) is 5.71. The van der Waals surface area contributed by atoms with Gasteiger partial charge in [0.1, 0.15) is 0 Å². The highest BCUT2D eigenvalue weighted by Gasteiger charge is 2.11. The molecule has 0 saturated carbocycles. The summed E-state index contributed by atoms with van der Waals surface area (Å²) in [6.45, 7) is 5.56. The minimum atomic E-state index is 0.582. The van der Waals surface area contributed by atoms with Crippen LogP contribution in [0.4, 0.5) is 0 Å². The van der Waals surface area contributed by atoms with Gasteiger partial charge in [0.05, 0.1) is 11.2 Å². The number of thiazole rings is 1. The molecule has 0 atom stereocenters. The molecular weight excluding hydrogens is 322 g/mol. The number of aromatic amines is 1. The summed E-state index contributed by atoms with van der Waals surface area (Å²) in [5.74, 6) is 0.930. The molecule has 0 unspecified atom stereocenters. The lowest BCUT2D eigenvalue weighted by molar-refractivity contribution is 0.278. The van der Waals surface area contributed by atoms with Crippen molar-refractivity contribution >= 4 is 34.0 Å². The second kappa shape index (κ2) is 7.51. The molecule has 2 heterocycles. The van der Waals surface area contributed by atoms with Crippen molar-refractivity contribution in [3.63, 3.8) is 0 Å². The molecule has 3 aromatic rings. The molecule has 2 aromatic heterocycles. The van der Waals surface area contributed by atoms with E-state index in [-0.39, 0.29) is 0 Å². The van der Waals surface area contributed by atoms with Crippen LogP contribution < -0.4 is 0 Å². The molecule has 0 aliphatic heterocycles. The summed E-state index contributed by atoms with van der Waals surface area (Å²) >= 11 is 3.54. The largest absolute Gasteiger partial charge is 0.361 e. The van der Waals surface area contributed by atoms with Crippen LogP contribution in [-0.4, -0.2) is 34.5 Å². The van der Waals surface area contributed by atoms with Gasteiger partial charge in [-0.25, -0.2) is 4.98 Å². The molecule has 23 heavy (non-hydrogen) atoms. The second-order valence-electron chi connectivity index (χ2n) is 6.09. The number of thioether (sulfide) groups is 1. The first kappa shape index (κ1) is 16.6. The summed E-state index contributed by atoms with van der Waals surface area (Å²) in [4.78, 5) is 11.6. The summed E-state index contributed by atoms with van der Waals surface area (Å²) in [6.07, 6.45) is 3.24. The first-order chi connectivity index (χ1) is 11.1. The first-order valence-corrected chi connectivity index (χ1v) is 9.87. The summed E-state index contributed by atoms with van der Waals surface area (Å²) in [5, 5.41) is 3.51. The molecule has 0 fully saturated rings. The lowest BCUT2D eigenvalue weighted by atomic mass is 10.1. The highest BCUT2D eigenvalue weighted by Crippen LogP contribution is 2.32. The van der Waals surface area contributed by atoms with Crippen LogP contribution in [0.15, 0.2) is 40.2 Å². The highest BCUT2D eigenvalue weighted by atomic mass is 32.2. The Morgan fingerprint density at radius 1 is 1.35 bits per heavy atom. The van der Waals surface area contributed by atoms with Crippen molar-refractivity contribution in [3.8, 4) is 0 Å². The van der Waals surface area contributed by atoms with E-state index >= 15 is 0 Å². The Kier molecular flexibility index (Phi) is 5.41. The molecule has 3 nitrogen and oxygen atoms in total. The Labute approximate surface area is 146 Å². The van der Waals surface area contributed by atoms with Crippen LogP contribution in [-0.2, 0) is 12.2 Å². The Morgan fingerprint density at radius 2 is 2.22 bits per heavy atom. The maximum Gasteiger partial charge on any atom is 0.0795 e. The molecular formula is C18H23N3S2. The molecule has 0 spiro atoms. The normalized spacial score (nSPS) is 11.9. The number of hydrogen-bond acceptors (Lipinski definition) is 4. The lowest BCUT2D eigenvalue weighted by Gasteiger charge is -2.20. The zero-order valence-corrected chi connectivity index (χ0v) is 15.5. The number of nitrogens with one attached hydrogen (secondary N) is 1. The Hall–Kier alpha value is -1.30. The van der Waals surface area contributed by atoms with Gasteiger partial charge in [-0.15, -0.1) is 23.1 Å². The minimum Gasteiger partial charge on any atom is -0.361 e. The van der Waals surface area contributed by atoms with E-state index in [4.69, 9.17) is 0 Å². The Morgan fingerprint density at radius 3 is 2.96 bits per heavy atom. The number of benzene rings is 1. The van der Waals surface area contributed by atoms with Gasteiger partial charge >= 0.3 is 0 Å². The smallest absolute Gasteiger partial charge is 0.0795 e. The number of nitrogens with zero attached hydrogens (tertiary/aromatic N) is 2. The third-order valence-electron chi connectivity index (χ3n) is 4.22. The fraction of sp³-hybridized carbons (Fsp3) is 0.389. The van der Waals surface area contributed by atoms with Crippen LogP contribution in [0.3, 0.4) is 0 Å². The molecule has 0 aliphatic rings. The van der Waals surface area contributed by atoms with Crippen LogP contribution in [0.25, 0.3) is 10.9 Å². The molecule has 122 valence electrons. The lowest BCUT2D eigenvalue weighted by Crippen LogP contribution is -2.28. The van der Waals surface area contributed by atoms with Crippen LogP contribution in [0.1, 0.15) is 25.1 Å². The van der Waals surface area contributed by atoms with Crippen LogP contribution in [0, 0.1) is 0 Å². The quantitative estimate of drug-likeness (QED) is 0.624. The maximum atomic E-state index is 4.38. The number of fused-ring (bicyclic) bond motifs is 1. The van der Waals surface area contributed by atoms with E-state index < -0.39 is 0 Å². The van der Waals surface area contributed by atoms with Gasteiger partial charge in [0, 0.05) is 45.7 Å². The van der Waals surface area contributed by atoms with Gasteiger partial charge in [0.2, 0.25) is 0 Å². The second-order valence-corrected chi connectivity index (χ2v) is 7.82. The Bertz CT molecular complexity index is 747. The maximum absolute atomic E-state index is 4.38. The van der Waals surface area contributed by atoms with Gasteiger partial charge in [0.25, 0.3) is 0 Å². The molecule has 0 radical (unpaired) electrons. The molecule has 0 amide bonds. The molecule has 3 rings (SSSR count). The van der Waals surface area contributed by atoms with E-state index in [1.165, 1.54) is 21.4 Å². The van der Waals surface area contributed by atoms with Crippen molar-refractivity contribution in [1.29, 1.82) is 0 Å². The zero-order valence-electron chi connectivity index (χ0n) is 13.9. The number of rotatable bonds is 7. The van der Waals surface area contributed by atoms with E-state index in [0.29, 0.717) is 6.04 Å². The molecule has 5 heteroatoms. The van der Waals surface area contributed by atoms with Crippen LogP contribution >= 0.6 is 23.1 Å². The minimum absolute atomic E-state index is 0.582. The number of hydrogen-bond donors (Lipinski definition) is 1. The molecule has 0 bridgehead atoms. The summed E-state index contributed by atoms with van der Waals surface area (Å²) < 4.78 is 0. The van der Waals surface area contributed by atoms with Crippen LogP contribution in [0.5, 0.6) is 0 Å². The first-order valence-electron chi connectivity index (χ1n) is 7.94. The van der Waals surface area contributed by atoms with Crippen molar-refractivity contribution in [2.45, 2.75) is 37.0 Å². The molecule has 0 saturated heterocycles. The number of likely N-dealkylation sites (N-methyl/N-ethyl adjacent to an activating group) is 1. The van der Waals surface area contributed by atoms with E-state index in [9.17, 15) is 0 Å². The fourth-order valence-corrected chi connectivity index (χ4v) is 4.24. The third-order valence-corrected chi connectivity index (χ3v) is 5.95. The number of H-pyrrole nitrogens is 1. The van der Waals surface area contributed by atoms with Crippen molar-refractivity contribution < 1.29 is 0 Å². The van der Waals surface area contributed by atoms with Crippen molar-refractivity contribution in [2.75, 3.05) is 13.6 Å². The average Bonchev–Trinajstić information content (AvgIpc) is 3.20. The SMILES string of the molecule is CC(C)N(C)CCc1c[nH]c2cccc(SCc3cscn3)c12. The molecule has 0 aliphatic carbocycles. The van der Waals surface area contributed by atoms with Crippen molar-refractivity contribution in [1.82, 2.24) is 14.9 Å². The van der Waals surface area contributed by atoms with E-state index in [0.717, 1.165) is 24.4 Å². The standard InChI is InChI=1S/C18H23N3S2/c1-13(2)21(3)8-7-14-9-19-16-5-4-6-17(18(14)16)23-11-15-10-22-12-20-15/h4-6,9-10,12-13,19H,7-8,11H2,1-3H3. The van der Waals surface area contributed by atoms with Gasteiger partial charge in [-0.2, -0.15) is 0 Å². The van der Waals surface area contributed by atoms with Crippen molar-refractivity contribution in [2.24, 2.45) is 0 Å². The fourth-order valence-electron chi connectivity index (χ4n) is 2.55. The van der Waals surface area contributed by atoms with Gasteiger partial charge in [-0.05, 0) is 45.0 Å². The van der Waals surface area contributed by atoms with Gasteiger partial charge in [-0.3, -0.25) is 0 Å². The zero-order chi connectivity index (χ0) is 16.2. The van der Waals surface area contributed by atoms with E-state index in [2.05, 4.69) is 65.5 Å². The number of aromatic nitrogens is 2. The monoisotopic (exact) mass is 345 g/mol. The molecule has 1 N–H and O–H groups in total. The van der Waals surface area contributed by atoms with E-state index in [1.54, 1.807) is 11.3 Å². The molecule has 1 aromatic carbocycles. The predicted octanol–water partition coefficient (Wildman–Crippen LogP) is 4.80. The third kappa shape index (κ3) is 3.97. The topological polar surface area (TPSA) is 31.9 Å². The Balaban J connectivity index is 1.79. The average molecular weight is 346 g/mol. The van der Waals surface area contributed by atoms with Crippen LogP contribution in [0.2, 0.25) is 0 Å². The highest BCUT2D eigenvalue weighted by molar-refractivity contribution is 7.98. The summed E-state index contributed by atoms with van der Waals surface area (Å²) in [7, 11) is 2.19. The van der Waals surface area contributed by atoms with Gasteiger partial charge in [-0.1, -0.05) is 6.07 Å². The summed E-state index contributed by atoms with van der Waals surface area (Å²) in [6, 6.07) is 7.10.